The van der Waals surface area contributed by atoms with Crippen molar-refractivity contribution >= 4 is 0 Å². The molecule has 0 bridgehead atoms. The van der Waals surface area contributed by atoms with Gasteiger partial charge >= 0.3 is 0 Å². The van der Waals surface area contributed by atoms with Gasteiger partial charge in [-0.1, -0.05) is 31.9 Å². The summed E-state index contributed by atoms with van der Waals surface area (Å²) in [5.74, 6) is 0. The summed E-state index contributed by atoms with van der Waals surface area (Å²) in [6.07, 6.45) is 14.3. The lowest BCUT2D eigenvalue weighted by atomic mass is 9.90. The van der Waals surface area contributed by atoms with Gasteiger partial charge in [-0.2, -0.15) is 0 Å². The van der Waals surface area contributed by atoms with E-state index in [2.05, 4.69) is 29.3 Å². The first kappa shape index (κ1) is 11.7. The van der Waals surface area contributed by atoms with Crippen molar-refractivity contribution in [2.75, 3.05) is 13.1 Å². The van der Waals surface area contributed by atoms with Gasteiger partial charge in [0.2, 0.25) is 0 Å². The second kappa shape index (κ2) is 4.74. The fourth-order valence-corrected chi connectivity index (χ4v) is 4.05. The predicted octanol–water partition coefficient (Wildman–Crippen LogP) is 2.70. The molecule has 1 aliphatic heterocycles. The van der Waals surface area contributed by atoms with Crippen LogP contribution in [0, 0.1) is 0 Å². The first-order valence-electron chi connectivity index (χ1n) is 7.49. The van der Waals surface area contributed by atoms with Crippen LogP contribution in [0.1, 0.15) is 51.9 Å². The van der Waals surface area contributed by atoms with E-state index in [0.717, 1.165) is 12.1 Å². The van der Waals surface area contributed by atoms with Crippen molar-refractivity contribution in [2.45, 2.75) is 69.5 Å². The van der Waals surface area contributed by atoms with Gasteiger partial charge in [-0.25, -0.2) is 0 Å². The molecule has 1 unspecified atom stereocenters. The van der Waals surface area contributed by atoms with Gasteiger partial charge in [0.15, 0.2) is 0 Å². The maximum absolute atomic E-state index is 3.89. The van der Waals surface area contributed by atoms with E-state index in [0.29, 0.717) is 5.54 Å². The molecule has 1 spiro atoms. The number of piperazine rings is 1. The third-order valence-electron chi connectivity index (χ3n) is 5.15. The Labute approximate surface area is 105 Å². The summed E-state index contributed by atoms with van der Waals surface area (Å²) in [6, 6.07) is 1.57. The highest BCUT2D eigenvalue weighted by molar-refractivity contribution is 5.06. The largest absolute Gasteiger partial charge is 0.308 e. The maximum atomic E-state index is 3.89. The van der Waals surface area contributed by atoms with E-state index in [-0.39, 0.29) is 0 Å². The molecule has 0 aromatic rings. The quantitative estimate of drug-likeness (QED) is 0.739. The van der Waals surface area contributed by atoms with Crippen LogP contribution in [0.4, 0.5) is 0 Å². The van der Waals surface area contributed by atoms with Crippen LogP contribution < -0.4 is 5.32 Å². The Hall–Kier alpha value is -0.340. The van der Waals surface area contributed by atoms with Gasteiger partial charge in [-0.05, 0) is 32.1 Å². The summed E-state index contributed by atoms with van der Waals surface area (Å²) < 4.78 is 0. The van der Waals surface area contributed by atoms with E-state index in [9.17, 15) is 0 Å². The fraction of sp³-hybridized carbons (Fsp3) is 0.867. The number of nitrogens with zero attached hydrogens (tertiary/aromatic N) is 1. The Morgan fingerprint density at radius 3 is 2.59 bits per heavy atom. The SMILES string of the molecule is CCC1CNC2(CCCC2)CN1C1CC=CC1. The Morgan fingerprint density at radius 2 is 1.94 bits per heavy atom. The first-order valence-corrected chi connectivity index (χ1v) is 7.49. The summed E-state index contributed by atoms with van der Waals surface area (Å²) in [5, 5.41) is 3.89. The number of nitrogens with one attached hydrogen (secondary N) is 1. The minimum absolute atomic E-state index is 0.480. The van der Waals surface area contributed by atoms with Gasteiger partial charge in [0, 0.05) is 30.7 Å². The molecule has 2 fully saturated rings. The predicted molar refractivity (Wildman–Crippen MR) is 72.1 cm³/mol. The molecule has 1 heterocycles. The van der Waals surface area contributed by atoms with Crippen LogP contribution in [0.5, 0.6) is 0 Å². The molecular weight excluding hydrogens is 208 g/mol. The third-order valence-corrected chi connectivity index (χ3v) is 5.15. The standard InChI is InChI=1S/C15H26N2/c1-2-13-11-16-15(9-5-6-10-15)12-17(13)14-7-3-4-8-14/h3-4,13-14,16H,2,5-12H2,1H3. The van der Waals surface area contributed by atoms with E-state index in [1.54, 1.807) is 0 Å². The Bertz CT molecular complexity index is 281. The minimum Gasteiger partial charge on any atom is -0.308 e. The van der Waals surface area contributed by atoms with Crippen LogP contribution in [-0.2, 0) is 0 Å². The molecule has 1 atom stereocenters. The van der Waals surface area contributed by atoms with Gasteiger partial charge in [0.25, 0.3) is 0 Å². The van der Waals surface area contributed by atoms with Crippen LogP contribution in [0.15, 0.2) is 12.2 Å². The van der Waals surface area contributed by atoms with Crippen LogP contribution in [-0.4, -0.2) is 35.6 Å². The second-order valence-corrected chi connectivity index (χ2v) is 6.20. The molecule has 96 valence electrons. The molecule has 3 rings (SSSR count). The van der Waals surface area contributed by atoms with Gasteiger partial charge < -0.3 is 5.32 Å². The van der Waals surface area contributed by atoms with Crippen LogP contribution >= 0.6 is 0 Å². The third kappa shape index (κ3) is 2.17. The zero-order valence-corrected chi connectivity index (χ0v) is 11.1. The van der Waals surface area contributed by atoms with Crippen LogP contribution in [0.25, 0.3) is 0 Å². The Balaban J connectivity index is 1.72. The van der Waals surface area contributed by atoms with Crippen molar-refractivity contribution < 1.29 is 0 Å². The molecule has 0 radical (unpaired) electrons. The molecule has 0 amide bonds. The zero-order chi connectivity index (χ0) is 11.7. The number of hydrogen-bond acceptors (Lipinski definition) is 2. The van der Waals surface area contributed by atoms with E-state index >= 15 is 0 Å². The molecule has 1 N–H and O–H groups in total. The molecule has 2 heteroatoms. The topological polar surface area (TPSA) is 15.3 Å². The molecular formula is C15H26N2. The lowest BCUT2D eigenvalue weighted by Gasteiger charge is -2.48. The Morgan fingerprint density at radius 1 is 1.24 bits per heavy atom. The summed E-state index contributed by atoms with van der Waals surface area (Å²) in [7, 11) is 0. The first-order chi connectivity index (χ1) is 8.33. The van der Waals surface area contributed by atoms with Crippen molar-refractivity contribution in [1.29, 1.82) is 0 Å². The maximum Gasteiger partial charge on any atom is 0.0309 e. The normalized spacial score (nSPS) is 33.8. The molecule has 1 saturated heterocycles. The fourth-order valence-electron chi connectivity index (χ4n) is 4.05. The van der Waals surface area contributed by atoms with Crippen molar-refractivity contribution in [2.24, 2.45) is 0 Å². The minimum atomic E-state index is 0.480. The van der Waals surface area contributed by atoms with E-state index in [1.165, 1.54) is 58.0 Å². The molecule has 17 heavy (non-hydrogen) atoms. The van der Waals surface area contributed by atoms with Crippen LogP contribution in [0.3, 0.4) is 0 Å². The van der Waals surface area contributed by atoms with Crippen molar-refractivity contribution in [3.63, 3.8) is 0 Å². The number of hydrogen-bond donors (Lipinski definition) is 1. The number of rotatable bonds is 2. The van der Waals surface area contributed by atoms with Crippen molar-refractivity contribution in [3.8, 4) is 0 Å². The molecule has 0 aromatic carbocycles. The smallest absolute Gasteiger partial charge is 0.0309 e. The van der Waals surface area contributed by atoms with Crippen molar-refractivity contribution in [3.05, 3.63) is 12.2 Å². The zero-order valence-electron chi connectivity index (χ0n) is 11.1. The Kier molecular flexibility index (Phi) is 3.27. The van der Waals surface area contributed by atoms with Gasteiger partial charge in [0.1, 0.15) is 0 Å². The summed E-state index contributed by atoms with van der Waals surface area (Å²) in [5.41, 5.74) is 0.480. The average molecular weight is 234 g/mol. The molecule has 0 aromatic heterocycles. The monoisotopic (exact) mass is 234 g/mol. The lowest BCUT2D eigenvalue weighted by Crippen LogP contribution is -2.64. The summed E-state index contributed by atoms with van der Waals surface area (Å²) in [6.45, 7) is 4.86. The highest BCUT2D eigenvalue weighted by Gasteiger charge is 2.42. The highest BCUT2D eigenvalue weighted by atomic mass is 15.3. The second-order valence-electron chi connectivity index (χ2n) is 6.20. The van der Waals surface area contributed by atoms with E-state index in [4.69, 9.17) is 0 Å². The molecule has 2 nitrogen and oxygen atoms in total. The summed E-state index contributed by atoms with van der Waals surface area (Å²) >= 11 is 0. The molecule has 2 aliphatic carbocycles. The molecule has 1 saturated carbocycles. The average Bonchev–Trinajstić information content (AvgIpc) is 3.00. The van der Waals surface area contributed by atoms with Crippen molar-refractivity contribution in [1.82, 2.24) is 10.2 Å². The molecule has 3 aliphatic rings. The van der Waals surface area contributed by atoms with E-state index < -0.39 is 0 Å². The van der Waals surface area contributed by atoms with Crippen LogP contribution in [0.2, 0.25) is 0 Å². The van der Waals surface area contributed by atoms with Gasteiger partial charge in [0.05, 0.1) is 0 Å². The van der Waals surface area contributed by atoms with Gasteiger partial charge in [-0.15, -0.1) is 0 Å². The summed E-state index contributed by atoms with van der Waals surface area (Å²) in [4.78, 5) is 2.84. The highest BCUT2D eigenvalue weighted by Crippen LogP contribution is 2.35. The van der Waals surface area contributed by atoms with E-state index in [1.807, 2.05) is 0 Å². The lowest BCUT2D eigenvalue weighted by molar-refractivity contribution is 0.0447. The van der Waals surface area contributed by atoms with Gasteiger partial charge in [-0.3, -0.25) is 4.90 Å².